The number of hydrogen-bond acceptors (Lipinski definition) is 6. The molecular formula is C17H15N3O3S. The quantitative estimate of drug-likeness (QED) is 0.717. The minimum atomic E-state index is -0.513. The van der Waals surface area contributed by atoms with Crippen molar-refractivity contribution in [1.82, 2.24) is 15.4 Å². The third kappa shape index (κ3) is 3.41. The average molecular weight is 341 g/mol. The van der Waals surface area contributed by atoms with Crippen molar-refractivity contribution in [2.24, 2.45) is 0 Å². The summed E-state index contributed by atoms with van der Waals surface area (Å²) in [5.41, 5.74) is 2.38. The van der Waals surface area contributed by atoms with Crippen LogP contribution in [-0.4, -0.2) is 35.6 Å². The number of benzene rings is 2. The number of carbonyl (C=O) groups excluding carboxylic acids is 1. The lowest BCUT2D eigenvalue weighted by Gasteiger charge is -2.05. The fourth-order valence-electron chi connectivity index (χ4n) is 2.13. The van der Waals surface area contributed by atoms with Gasteiger partial charge >= 0.3 is 5.97 Å². The molecule has 0 bridgehead atoms. The van der Waals surface area contributed by atoms with E-state index in [0.717, 1.165) is 21.8 Å². The fraction of sp³-hybridized carbons (Fsp3) is 0.118. The average Bonchev–Trinajstić information content (AvgIpc) is 3.10. The molecule has 3 aromatic rings. The minimum Gasteiger partial charge on any atom is -0.497 e. The molecule has 0 aliphatic rings. The zero-order valence-electron chi connectivity index (χ0n) is 13.1. The van der Waals surface area contributed by atoms with E-state index in [1.165, 1.54) is 18.9 Å². The lowest BCUT2D eigenvalue weighted by atomic mass is 10.1. The van der Waals surface area contributed by atoms with E-state index in [2.05, 4.69) is 20.1 Å². The molecule has 6 nitrogen and oxygen atoms in total. The summed E-state index contributed by atoms with van der Waals surface area (Å²) in [5.74, 6) is 0.313. The number of nitrogens with one attached hydrogen (secondary N) is 1. The Bertz CT molecular complexity index is 829. The Balaban J connectivity index is 1.77. The predicted octanol–water partition coefficient (Wildman–Crippen LogP) is 3.42. The maximum absolute atomic E-state index is 11.6. The Labute approximate surface area is 143 Å². The topological polar surface area (TPSA) is 77.1 Å². The van der Waals surface area contributed by atoms with Crippen molar-refractivity contribution in [2.45, 2.75) is 9.92 Å². The van der Waals surface area contributed by atoms with Crippen molar-refractivity contribution in [1.29, 1.82) is 0 Å². The first-order chi connectivity index (χ1) is 11.7. The van der Waals surface area contributed by atoms with E-state index in [1.54, 1.807) is 7.11 Å². The monoisotopic (exact) mass is 341 g/mol. The molecule has 0 saturated heterocycles. The number of rotatable bonds is 5. The summed E-state index contributed by atoms with van der Waals surface area (Å²) in [6, 6.07) is 15.8. The van der Waals surface area contributed by atoms with Crippen LogP contribution in [0.3, 0.4) is 0 Å². The largest absolute Gasteiger partial charge is 0.497 e. The van der Waals surface area contributed by atoms with Crippen LogP contribution in [0, 0.1) is 0 Å². The van der Waals surface area contributed by atoms with E-state index < -0.39 is 5.97 Å². The molecule has 122 valence electrons. The molecule has 0 aliphatic carbocycles. The fourth-order valence-corrected chi connectivity index (χ4v) is 2.94. The van der Waals surface area contributed by atoms with Gasteiger partial charge in [0.1, 0.15) is 5.75 Å². The number of nitrogens with zero attached hydrogens (tertiary/aromatic N) is 2. The first-order valence-corrected chi connectivity index (χ1v) is 7.94. The highest BCUT2D eigenvalue weighted by atomic mass is 32.2. The van der Waals surface area contributed by atoms with Gasteiger partial charge in [0.2, 0.25) is 5.69 Å². The maximum Gasteiger partial charge on any atom is 0.361 e. The second-order valence-corrected chi connectivity index (χ2v) is 5.89. The van der Waals surface area contributed by atoms with E-state index in [9.17, 15) is 4.79 Å². The molecule has 24 heavy (non-hydrogen) atoms. The summed E-state index contributed by atoms with van der Waals surface area (Å²) in [6.07, 6.45) is 0. The highest BCUT2D eigenvalue weighted by molar-refractivity contribution is 7.99. The lowest BCUT2D eigenvalue weighted by molar-refractivity contribution is 0.0590. The molecule has 0 saturated carbocycles. The Morgan fingerprint density at radius 2 is 1.58 bits per heavy atom. The minimum absolute atomic E-state index is 0.182. The number of carbonyl (C=O) groups is 1. The van der Waals surface area contributed by atoms with Crippen LogP contribution in [0.2, 0.25) is 0 Å². The van der Waals surface area contributed by atoms with Gasteiger partial charge in [0.15, 0.2) is 5.03 Å². The summed E-state index contributed by atoms with van der Waals surface area (Å²) in [5, 5.41) is 10.7. The van der Waals surface area contributed by atoms with Gasteiger partial charge in [-0.15, -0.1) is 10.2 Å². The molecule has 7 heteroatoms. The molecule has 1 aromatic heterocycles. The first-order valence-electron chi connectivity index (χ1n) is 7.12. The molecule has 1 heterocycles. The van der Waals surface area contributed by atoms with Crippen LogP contribution in [0.25, 0.3) is 11.1 Å². The van der Waals surface area contributed by atoms with E-state index in [0.29, 0.717) is 5.03 Å². The second-order valence-electron chi connectivity index (χ2n) is 4.82. The predicted molar refractivity (Wildman–Crippen MR) is 90.3 cm³/mol. The van der Waals surface area contributed by atoms with Gasteiger partial charge in [-0.2, -0.15) is 5.21 Å². The molecule has 0 fully saturated rings. The first kappa shape index (κ1) is 16.1. The van der Waals surface area contributed by atoms with Crippen LogP contribution in [0.1, 0.15) is 10.5 Å². The Kier molecular flexibility index (Phi) is 4.81. The van der Waals surface area contributed by atoms with Crippen LogP contribution in [0.15, 0.2) is 58.5 Å². The van der Waals surface area contributed by atoms with Gasteiger partial charge in [-0.3, -0.25) is 0 Å². The second kappa shape index (κ2) is 7.18. The Morgan fingerprint density at radius 3 is 2.17 bits per heavy atom. The SMILES string of the molecule is COC(=O)c1n[nH]nc1Sc1ccc(-c2ccc(OC)cc2)cc1. The van der Waals surface area contributed by atoms with E-state index in [-0.39, 0.29) is 5.69 Å². The normalized spacial score (nSPS) is 10.4. The van der Waals surface area contributed by atoms with Crippen LogP contribution in [0.4, 0.5) is 0 Å². The molecule has 0 amide bonds. The summed E-state index contributed by atoms with van der Waals surface area (Å²) in [6.45, 7) is 0. The van der Waals surface area contributed by atoms with Crippen molar-refractivity contribution in [3.8, 4) is 16.9 Å². The number of hydrogen-bond donors (Lipinski definition) is 1. The van der Waals surface area contributed by atoms with Gasteiger partial charge in [-0.05, 0) is 35.4 Å². The number of aromatic amines is 1. The summed E-state index contributed by atoms with van der Waals surface area (Å²) in [4.78, 5) is 12.6. The Hall–Kier alpha value is -2.80. The molecular weight excluding hydrogens is 326 g/mol. The molecule has 0 unspecified atom stereocenters. The van der Waals surface area contributed by atoms with Gasteiger partial charge in [-0.1, -0.05) is 36.0 Å². The summed E-state index contributed by atoms with van der Waals surface area (Å²) in [7, 11) is 2.96. The molecule has 0 radical (unpaired) electrons. The van der Waals surface area contributed by atoms with Gasteiger partial charge in [0, 0.05) is 4.90 Å². The lowest BCUT2D eigenvalue weighted by Crippen LogP contribution is -2.03. The number of methoxy groups -OCH3 is 2. The van der Waals surface area contributed by atoms with Gasteiger partial charge in [-0.25, -0.2) is 4.79 Å². The highest BCUT2D eigenvalue weighted by Gasteiger charge is 2.17. The summed E-state index contributed by atoms with van der Waals surface area (Å²) < 4.78 is 9.85. The number of aromatic nitrogens is 3. The van der Waals surface area contributed by atoms with Gasteiger partial charge in [0.25, 0.3) is 0 Å². The van der Waals surface area contributed by atoms with Crippen LogP contribution in [0.5, 0.6) is 5.75 Å². The molecule has 2 aromatic carbocycles. The number of H-pyrrole nitrogens is 1. The van der Waals surface area contributed by atoms with Crippen molar-refractivity contribution in [3.05, 3.63) is 54.2 Å². The number of esters is 1. The van der Waals surface area contributed by atoms with Crippen molar-refractivity contribution < 1.29 is 14.3 Å². The van der Waals surface area contributed by atoms with Crippen molar-refractivity contribution >= 4 is 17.7 Å². The van der Waals surface area contributed by atoms with Gasteiger partial charge in [0.05, 0.1) is 14.2 Å². The van der Waals surface area contributed by atoms with Crippen molar-refractivity contribution in [2.75, 3.05) is 14.2 Å². The zero-order chi connectivity index (χ0) is 16.9. The van der Waals surface area contributed by atoms with Gasteiger partial charge < -0.3 is 9.47 Å². The van der Waals surface area contributed by atoms with Crippen LogP contribution >= 0.6 is 11.8 Å². The zero-order valence-corrected chi connectivity index (χ0v) is 14.0. The van der Waals surface area contributed by atoms with Crippen molar-refractivity contribution in [3.63, 3.8) is 0 Å². The third-order valence-corrected chi connectivity index (χ3v) is 4.37. The van der Waals surface area contributed by atoms with E-state index in [4.69, 9.17) is 4.74 Å². The molecule has 0 spiro atoms. The maximum atomic E-state index is 11.6. The van der Waals surface area contributed by atoms with E-state index in [1.807, 2.05) is 48.5 Å². The molecule has 0 atom stereocenters. The third-order valence-electron chi connectivity index (χ3n) is 3.39. The summed E-state index contributed by atoms with van der Waals surface area (Å²) >= 11 is 1.35. The smallest absolute Gasteiger partial charge is 0.361 e. The highest BCUT2D eigenvalue weighted by Crippen LogP contribution is 2.30. The molecule has 3 rings (SSSR count). The van der Waals surface area contributed by atoms with Crippen LogP contribution < -0.4 is 4.74 Å². The standard InChI is InChI=1S/C17H15N3O3S/c1-22-13-7-3-11(4-8-13)12-5-9-14(10-6-12)24-16-15(17(21)23-2)18-20-19-16/h3-10H,1-2H3,(H,18,19,20). The Morgan fingerprint density at radius 1 is 0.958 bits per heavy atom. The number of ether oxygens (including phenoxy) is 2. The van der Waals surface area contributed by atoms with Crippen LogP contribution in [-0.2, 0) is 4.74 Å². The van der Waals surface area contributed by atoms with E-state index >= 15 is 0 Å². The molecule has 0 aliphatic heterocycles. The molecule has 1 N–H and O–H groups in total.